The summed E-state index contributed by atoms with van der Waals surface area (Å²) in [6.45, 7) is 3.49. The first kappa shape index (κ1) is 9.72. The van der Waals surface area contributed by atoms with Crippen molar-refractivity contribution in [2.45, 2.75) is 45.1 Å². The van der Waals surface area contributed by atoms with Crippen molar-refractivity contribution in [1.82, 2.24) is 5.32 Å². The quantitative estimate of drug-likeness (QED) is 0.591. The molecule has 1 aliphatic carbocycles. The van der Waals surface area contributed by atoms with E-state index in [1.54, 1.807) is 6.92 Å². The lowest BCUT2D eigenvalue weighted by molar-refractivity contribution is 0.159. The summed E-state index contributed by atoms with van der Waals surface area (Å²) < 4.78 is 27.3. The van der Waals surface area contributed by atoms with Gasteiger partial charge in [0.2, 0.25) is 0 Å². The molecule has 0 aromatic heterocycles. The Morgan fingerprint density at radius 1 is 1.43 bits per heavy atom. The second-order valence-corrected chi connectivity index (χ2v) is 4.33. The molecule has 14 heavy (non-hydrogen) atoms. The third-order valence-electron chi connectivity index (χ3n) is 3.11. The molecule has 1 N–H and O–H groups in total. The van der Waals surface area contributed by atoms with Crippen molar-refractivity contribution in [1.29, 1.82) is 0 Å². The van der Waals surface area contributed by atoms with E-state index in [2.05, 4.69) is 11.0 Å². The zero-order valence-electron chi connectivity index (χ0n) is 8.48. The molecule has 0 saturated heterocycles. The third kappa shape index (κ3) is 1.57. The van der Waals surface area contributed by atoms with Crippen LogP contribution in [0.15, 0.2) is 17.0 Å². The molecular weight excluding hydrogens is 184 g/mol. The van der Waals surface area contributed by atoms with Crippen LogP contribution in [0.3, 0.4) is 0 Å². The summed E-state index contributed by atoms with van der Waals surface area (Å²) >= 11 is 0. The predicted molar refractivity (Wildman–Crippen MR) is 51.3 cm³/mol. The van der Waals surface area contributed by atoms with Crippen molar-refractivity contribution in [2.75, 3.05) is 0 Å². The summed E-state index contributed by atoms with van der Waals surface area (Å²) in [5.74, 6) is -0.532. The van der Waals surface area contributed by atoms with Gasteiger partial charge in [0.15, 0.2) is 0 Å². The van der Waals surface area contributed by atoms with Crippen LogP contribution in [-0.4, -0.2) is 18.4 Å². The summed E-state index contributed by atoms with van der Waals surface area (Å²) in [5, 5.41) is 3.14. The zero-order valence-corrected chi connectivity index (χ0v) is 8.48. The number of alkyl halides is 2. The van der Waals surface area contributed by atoms with Gasteiger partial charge in [-0.3, -0.25) is 0 Å². The molecule has 78 valence electrons. The van der Waals surface area contributed by atoms with E-state index >= 15 is 0 Å². The van der Waals surface area contributed by atoms with Crippen LogP contribution < -0.4 is 5.32 Å². The summed E-state index contributed by atoms with van der Waals surface area (Å²) in [6.07, 6.45) is -1.20. The Labute approximate surface area is 82.9 Å². The average molecular weight is 199 g/mol. The van der Waals surface area contributed by atoms with Gasteiger partial charge in [-0.05, 0) is 19.8 Å². The fourth-order valence-electron chi connectivity index (χ4n) is 2.26. The molecule has 3 heteroatoms. The number of hydrogen-bond donors (Lipinski definition) is 1. The Morgan fingerprint density at radius 3 is 2.86 bits per heavy atom. The van der Waals surface area contributed by atoms with E-state index in [1.807, 2.05) is 6.92 Å². The summed E-state index contributed by atoms with van der Waals surface area (Å²) in [5.41, 5.74) is 4.44. The molecule has 1 aliphatic heterocycles. The molecule has 1 saturated carbocycles. The molecule has 0 amide bonds. The van der Waals surface area contributed by atoms with E-state index in [0.29, 0.717) is 18.4 Å². The van der Waals surface area contributed by atoms with Crippen LogP contribution in [0.5, 0.6) is 0 Å². The van der Waals surface area contributed by atoms with Gasteiger partial charge in [0.1, 0.15) is 12.3 Å². The topological polar surface area (TPSA) is 12.0 Å². The van der Waals surface area contributed by atoms with Crippen molar-refractivity contribution in [3.8, 4) is 0 Å². The standard InChI is InChI=1S/C11H15F2N/c1-6-3-8-4-9(14-6)5-10(12)7(2)11(8)13/h7,9-11,14H,4-5H2,1-2H3/t7?,9?,10?,11-/m1/s1. The number of halogens is 2. The number of nitrogens with one attached hydrogen (secondary N) is 1. The highest BCUT2D eigenvalue weighted by Gasteiger charge is 2.36. The molecule has 2 rings (SSSR count). The first-order valence-corrected chi connectivity index (χ1v) is 5.09. The van der Waals surface area contributed by atoms with Gasteiger partial charge in [-0.1, -0.05) is 12.7 Å². The average Bonchev–Trinajstić information content (AvgIpc) is 2.19. The molecule has 1 fully saturated rings. The molecule has 1 nitrogen and oxygen atoms in total. The minimum atomic E-state index is -1.16. The Morgan fingerprint density at radius 2 is 2.14 bits per heavy atom. The smallest absolute Gasteiger partial charge is 0.134 e. The molecule has 0 spiro atoms. The van der Waals surface area contributed by atoms with E-state index in [4.69, 9.17) is 0 Å². The van der Waals surface area contributed by atoms with Crippen LogP contribution in [0.1, 0.15) is 26.7 Å². The molecule has 0 aromatic carbocycles. The molecule has 0 radical (unpaired) electrons. The summed E-state index contributed by atoms with van der Waals surface area (Å²) in [7, 11) is 0. The largest absolute Gasteiger partial charge is 0.379 e. The van der Waals surface area contributed by atoms with Crippen molar-refractivity contribution in [3.05, 3.63) is 17.0 Å². The van der Waals surface area contributed by atoms with Crippen molar-refractivity contribution in [2.24, 2.45) is 5.92 Å². The van der Waals surface area contributed by atoms with E-state index in [0.717, 1.165) is 5.70 Å². The van der Waals surface area contributed by atoms with Gasteiger partial charge < -0.3 is 5.32 Å². The van der Waals surface area contributed by atoms with Gasteiger partial charge >= 0.3 is 0 Å². The maximum absolute atomic E-state index is 13.8. The highest BCUT2D eigenvalue weighted by atomic mass is 19.1. The van der Waals surface area contributed by atoms with Gasteiger partial charge in [0.05, 0.1) is 5.70 Å². The molecule has 0 aromatic rings. The summed E-state index contributed by atoms with van der Waals surface area (Å²) in [4.78, 5) is 0. The molecular formula is C11H15F2N. The van der Waals surface area contributed by atoms with Crippen LogP contribution in [0.2, 0.25) is 0 Å². The second kappa shape index (κ2) is 3.39. The van der Waals surface area contributed by atoms with Gasteiger partial charge in [-0.15, -0.1) is 0 Å². The SMILES string of the molecule is CC1=C=C2CC(CC(F)C(C)[C@H]2F)N1. The van der Waals surface area contributed by atoms with Crippen molar-refractivity contribution in [3.63, 3.8) is 0 Å². The first-order chi connectivity index (χ1) is 6.58. The zero-order chi connectivity index (χ0) is 10.3. The normalized spacial score (nSPS) is 42.0. The third-order valence-corrected chi connectivity index (χ3v) is 3.11. The number of fused-ring (bicyclic) bond motifs is 2. The fourth-order valence-corrected chi connectivity index (χ4v) is 2.26. The molecule has 4 atom stereocenters. The van der Waals surface area contributed by atoms with Crippen LogP contribution in [0, 0.1) is 5.92 Å². The second-order valence-electron chi connectivity index (χ2n) is 4.33. The molecule has 3 unspecified atom stereocenters. The van der Waals surface area contributed by atoms with Gasteiger partial charge in [-0.2, -0.15) is 0 Å². The predicted octanol–water partition coefficient (Wildman–Crippen LogP) is 2.49. The number of hydrogen-bond acceptors (Lipinski definition) is 1. The van der Waals surface area contributed by atoms with Crippen LogP contribution in [-0.2, 0) is 0 Å². The minimum Gasteiger partial charge on any atom is -0.379 e. The van der Waals surface area contributed by atoms with Crippen molar-refractivity contribution >= 4 is 0 Å². The first-order valence-electron chi connectivity index (χ1n) is 5.09. The highest BCUT2D eigenvalue weighted by molar-refractivity contribution is 5.21. The van der Waals surface area contributed by atoms with E-state index < -0.39 is 18.3 Å². The fraction of sp³-hybridized carbons (Fsp3) is 0.727. The highest BCUT2D eigenvalue weighted by Crippen LogP contribution is 2.33. The van der Waals surface area contributed by atoms with E-state index in [9.17, 15) is 8.78 Å². The van der Waals surface area contributed by atoms with Gasteiger partial charge in [0, 0.05) is 17.5 Å². The molecule has 2 bridgehead atoms. The Kier molecular flexibility index (Phi) is 2.36. The lowest BCUT2D eigenvalue weighted by Gasteiger charge is -2.21. The van der Waals surface area contributed by atoms with Crippen molar-refractivity contribution < 1.29 is 8.78 Å². The maximum Gasteiger partial charge on any atom is 0.134 e. The number of rotatable bonds is 0. The lowest BCUT2D eigenvalue weighted by atomic mass is 9.96. The minimum absolute atomic E-state index is 0.0597. The Balaban J connectivity index is 2.35. The Hall–Kier alpha value is -0.820. The summed E-state index contributed by atoms with van der Waals surface area (Å²) in [6, 6.07) is 0.0597. The molecule has 1 heterocycles. The molecule has 2 aliphatic rings. The van der Waals surface area contributed by atoms with E-state index in [1.165, 1.54) is 0 Å². The van der Waals surface area contributed by atoms with Gasteiger partial charge in [-0.25, -0.2) is 8.78 Å². The van der Waals surface area contributed by atoms with Crippen LogP contribution in [0.4, 0.5) is 8.78 Å². The van der Waals surface area contributed by atoms with Gasteiger partial charge in [0.25, 0.3) is 0 Å². The van der Waals surface area contributed by atoms with Crippen LogP contribution >= 0.6 is 0 Å². The Bertz CT molecular complexity index is 304. The maximum atomic E-state index is 13.8. The lowest BCUT2D eigenvalue weighted by Crippen LogP contribution is -2.31. The monoisotopic (exact) mass is 199 g/mol. The van der Waals surface area contributed by atoms with E-state index in [-0.39, 0.29) is 6.04 Å². The van der Waals surface area contributed by atoms with Crippen LogP contribution in [0.25, 0.3) is 0 Å².